The first-order valence-electron chi connectivity index (χ1n) is 8.12. The number of nitrogens with zero attached hydrogens (tertiary/aromatic N) is 2. The first kappa shape index (κ1) is 15.0. The maximum atomic E-state index is 13.1. The van der Waals surface area contributed by atoms with Crippen LogP contribution in [-0.4, -0.2) is 21.5 Å². The molecule has 0 saturated heterocycles. The van der Waals surface area contributed by atoms with Gasteiger partial charge in [0, 0.05) is 22.1 Å². The summed E-state index contributed by atoms with van der Waals surface area (Å²) in [6.07, 6.45) is 0. The molecule has 1 aliphatic rings. The second kappa shape index (κ2) is 5.38. The quantitative estimate of drug-likeness (QED) is 0.440. The summed E-state index contributed by atoms with van der Waals surface area (Å²) in [6.45, 7) is 0. The minimum atomic E-state index is -0.323. The number of carbonyl (C=O) groups is 2. The minimum absolute atomic E-state index is 0.0524. The van der Waals surface area contributed by atoms with Gasteiger partial charge in [-0.1, -0.05) is 60.1 Å². The van der Waals surface area contributed by atoms with E-state index in [1.807, 2.05) is 18.2 Å². The molecule has 0 saturated carbocycles. The molecule has 5 rings (SSSR count). The van der Waals surface area contributed by atoms with E-state index in [1.54, 1.807) is 48.5 Å². The fourth-order valence-electron chi connectivity index (χ4n) is 3.48. The highest BCUT2D eigenvalue weighted by atomic mass is 35.5. The SMILES string of the molecule is O=C1c2ccccc2-c2nn(C(=O)c3ccccc3Cl)c3cccc1c23. The number of halogens is 1. The van der Waals surface area contributed by atoms with Gasteiger partial charge in [0.15, 0.2) is 5.78 Å². The number of benzene rings is 3. The van der Waals surface area contributed by atoms with Crippen molar-refractivity contribution in [2.24, 2.45) is 0 Å². The van der Waals surface area contributed by atoms with Gasteiger partial charge in [0.2, 0.25) is 0 Å². The van der Waals surface area contributed by atoms with Gasteiger partial charge in [0.25, 0.3) is 5.91 Å². The first-order chi connectivity index (χ1) is 12.7. The molecular weight excluding hydrogens is 348 g/mol. The minimum Gasteiger partial charge on any atom is -0.289 e. The normalized spacial score (nSPS) is 12.3. The number of fused-ring (bicyclic) bond motifs is 2. The third kappa shape index (κ3) is 1.93. The van der Waals surface area contributed by atoms with E-state index in [2.05, 4.69) is 5.10 Å². The molecule has 0 spiro atoms. The van der Waals surface area contributed by atoms with Crippen molar-refractivity contribution in [2.45, 2.75) is 0 Å². The van der Waals surface area contributed by atoms with E-state index in [9.17, 15) is 9.59 Å². The van der Waals surface area contributed by atoms with Crippen LogP contribution < -0.4 is 0 Å². The molecule has 4 aromatic rings. The van der Waals surface area contributed by atoms with Crippen molar-refractivity contribution >= 4 is 34.2 Å². The van der Waals surface area contributed by atoms with Crippen molar-refractivity contribution in [3.05, 3.63) is 88.4 Å². The van der Waals surface area contributed by atoms with Gasteiger partial charge in [0.1, 0.15) is 5.69 Å². The van der Waals surface area contributed by atoms with Crippen LogP contribution in [0.1, 0.15) is 26.3 Å². The standard InChI is InChI=1S/C21H11ClN2O2/c22-16-10-4-3-8-14(16)21(26)24-17-11-5-9-15-18(17)19(23-24)12-6-1-2-7-13(12)20(15)25/h1-11H. The Morgan fingerprint density at radius 2 is 1.54 bits per heavy atom. The highest BCUT2D eigenvalue weighted by Crippen LogP contribution is 2.39. The van der Waals surface area contributed by atoms with Gasteiger partial charge in [-0.2, -0.15) is 9.78 Å². The van der Waals surface area contributed by atoms with E-state index >= 15 is 0 Å². The first-order valence-corrected chi connectivity index (χ1v) is 8.49. The number of hydrogen-bond donors (Lipinski definition) is 0. The summed E-state index contributed by atoms with van der Waals surface area (Å²) in [4.78, 5) is 25.9. The van der Waals surface area contributed by atoms with Crippen LogP contribution in [0.15, 0.2) is 66.7 Å². The van der Waals surface area contributed by atoms with E-state index in [0.29, 0.717) is 38.3 Å². The zero-order valence-corrected chi connectivity index (χ0v) is 14.2. The van der Waals surface area contributed by atoms with Crippen LogP contribution in [-0.2, 0) is 0 Å². The Labute approximate surface area is 153 Å². The van der Waals surface area contributed by atoms with Crippen LogP contribution >= 0.6 is 11.6 Å². The summed E-state index contributed by atoms with van der Waals surface area (Å²) in [5.41, 5.74) is 3.52. The molecule has 1 heterocycles. The summed E-state index contributed by atoms with van der Waals surface area (Å²) in [5.74, 6) is -0.376. The third-order valence-electron chi connectivity index (χ3n) is 4.68. The van der Waals surface area contributed by atoms with Crippen molar-refractivity contribution in [3.63, 3.8) is 0 Å². The molecular formula is C21H11ClN2O2. The molecule has 0 fully saturated rings. The summed E-state index contributed by atoms with van der Waals surface area (Å²) < 4.78 is 1.34. The van der Waals surface area contributed by atoms with Gasteiger partial charge in [-0.05, 0) is 18.2 Å². The lowest BCUT2D eigenvalue weighted by molar-refractivity contribution is 0.0950. The summed E-state index contributed by atoms with van der Waals surface area (Å²) in [7, 11) is 0. The van der Waals surface area contributed by atoms with Crippen LogP contribution in [0.5, 0.6) is 0 Å². The Balaban J connectivity index is 1.84. The molecule has 3 aromatic carbocycles. The Morgan fingerprint density at radius 3 is 2.35 bits per heavy atom. The average Bonchev–Trinajstić information content (AvgIpc) is 3.07. The molecule has 1 aliphatic carbocycles. The van der Waals surface area contributed by atoms with Crippen molar-refractivity contribution in [1.82, 2.24) is 9.78 Å². The predicted molar refractivity (Wildman–Crippen MR) is 99.8 cm³/mol. The lowest BCUT2D eigenvalue weighted by Gasteiger charge is -2.13. The molecule has 0 unspecified atom stereocenters. The van der Waals surface area contributed by atoms with Crippen LogP contribution in [0.3, 0.4) is 0 Å². The van der Waals surface area contributed by atoms with Crippen LogP contribution in [0.4, 0.5) is 0 Å². The Morgan fingerprint density at radius 1 is 0.846 bits per heavy atom. The fraction of sp³-hybridized carbons (Fsp3) is 0. The molecule has 26 heavy (non-hydrogen) atoms. The van der Waals surface area contributed by atoms with Crippen LogP contribution in [0.25, 0.3) is 22.2 Å². The second-order valence-corrected chi connectivity index (χ2v) is 6.53. The van der Waals surface area contributed by atoms with Crippen molar-refractivity contribution < 1.29 is 9.59 Å². The fourth-order valence-corrected chi connectivity index (χ4v) is 3.70. The van der Waals surface area contributed by atoms with E-state index < -0.39 is 0 Å². The zero-order chi connectivity index (χ0) is 17.8. The summed E-state index contributed by atoms with van der Waals surface area (Å²) in [6, 6.07) is 19.5. The van der Waals surface area contributed by atoms with Gasteiger partial charge in [0.05, 0.1) is 16.1 Å². The lowest BCUT2D eigenvalue weighted by Crippen LogP contribution is -2.14. The highest BCUT2D eigenvalue weighted by Gasteiger charge is 2.30. The van der Waals surface area contributed by atoms with E-state index in [-0.39, 0.29) is 11.7 Å². The number of hydrogen-bond acceptors (Lipinski definition) is 3. The maximum Gasteiger partial charge on any atom is 0.280 e. The molecule has 124 valence electrons. The van der Waals surface area contributed by atoms with Crippen molar-refractivity contribution in [2.75, 3.05) is 0 Å². The number of aromatic nitrogens is 2. The lowest BCUT2D eigenvalue weighted by atomic mass is 9.87. The smallest absolute Gasteiger partial charge is 0.280 e. The summed E-state index contributed by atoms with van der Waals surface area (Å²) in [5, 5.41) is 5.64. The Hall–Kier alpha value is -3.24. The third-order valence-corrected chi connectivity index (χ3v) is 5.01. The molecule has 1 aromatic heterocycles. The zero-order valence-electron chi connectivity index (χ0n) is 13.4. The molecule has 5 heteroatoms. The molecule has 0 radical (unpaired) electrons. The molecule has 0 aliphatic heterocycles. The molecule has 0 amide bonds. The molecule has 0 N–H and O–H groups in total. The number of rotatable bonds is 1. The number of carbonyl (C=O) groups excluding carboxylic acids is 2. The number of ketones is 1. The van der Waals surface area contributed by atoms with Gasteiger partial charge in [-0.3, -0.25) is 9.59 Å². The second-order valence-electron chi connectivity index (χ2n) is 6.12. The van der Waals surface area contributed by atoms with E-state index in [1.165, 1.54) is 4.68 Å². The predicted octanol–water partition coefficient (Wildman–Crippen LogP) is 4.59. The summed E-state index contributed by atoms with van der Waals surface area (Å²) >= 11 is 6.19. The van der Waals surface area contributed by atoms with E-state index in [0.717, 1.165) is 5.56 Å². The Kier molecular flexibility index (Phi) is 3.11. The average molecular weight is 359 g/mol. The van der Waals surface area contributed by atoms with E-state index in [4.69, 9.17) is 11.6 Å². The van der Waals surface area contributed by atoms with Crippen LogP contribution in [0.2, 0.25) is 5.02 Å². The van der Waals surface area contributed by atoms with Gasteiger partial charge >= 0.3 is 0 Å². The van der Waals surface area contributed by atoms with Gasteiger partial charge < -0.3 is 0 Å². The maximum absolute atomic E-state index is 13.1. The molecule has 4 nitrogen and oxygen atoms in total. The van der Waals surface area contributed by atoms with Crippen molar-refractivity contribution in [3.8, 4) is 11.3 Å². The van der Waals surface area contributed by atoms with Gasteiger partial charge in [-0.25, -0.2) is 0 Å². The van der Waals surface area contributed by atoms with Crippen molar-refractivity contribution in [1.29, 1.82) is 0 Å². The highest BCUT2D eigenvalue weighted by molar-refractivity contribution is 6.34. The largest absolute Gasteiger partial charge is 0.289 e. The van der Waals surface area contributed by atoms with Gasteiger partial charge in [-0.15, -0.1) is 0 Å². The molecule has 0 atom stereocenters. The molecule has 0 bridgehead atoms. The Bertz CT molecular complexity index is 1240. The van der Waals surface area contributed by atoms with Crippen LogP contribution in [0, 0.1) is 0 Å². The topological polar surface area (TPSA) is 52.0 Å². The monoisotopic (exact) mass is 358 g/mol.